The number of aliphatic carboxylic acids is 4. The Morgan fingerprint density at radius 2 is 1.19 bits per heavy atom. The van der Waals surface area contributed by atoms with Crippen LogP contribution < -0.4 is 0 Å². The Labute approximate surface area is 184 Å². The lowest BCUT2D eigenvalue weighted by atomic mass is 9.70. The molecule has 4 N–H and O–H groups in total. The molecule has 4 unspecified atom stereocenters. The minimum absolute atomic E-state index is 0.0964. The van der Waals surface area contributed by atoms with Crippen molar-refractivity contribution >= 4 is 23.9 Å². The lowest BCUT2D eigenvalue weighted by molar-refractivity contribution is -0.157. The van der Waals surface area contributed by atoms with E-state index in [1.807, 2.05) is 0 Å². The summed E-state index contributed by atoms with van der Waals surface area (Å²) in [6, 6.07) is 0. The van der Waals surface area contributed by atoms with Crippen molar-refractivity contribution in [2.45, 2.75) is 84.5 Å². The number of carbonyl (C=O) groups is 4. The quantitative estimate of drug-likeness (QED) is 0.229. The van der Waals surface area contributed by atoms with Gasteiger partial charge in [0.05, 0.1) is 0 Å². The first-order valence-electron chi connectivity index (χ1n) is 11.5. The molecule has 4 atom stereocenters. The van der Waals surface area contributed by atoms with Gasteiger partial charge in [-0.3, -0.25) is 19.2 Å². The standard InChI is InChI=1S/C23H38O8/c1-3-7-15-9-4-8-14(2)16(10-5-12-18(20(24)25)21(26)27)17(15)11-6-13-19(22(28)29)23(30)31/h14-19H,3-13H2,1-2H3,(H,24,25)(H,26,27)(H,28,29)(H,30,31). The van der Waals surface area contributed by atoms with Gasteiger partial charge < -0.3 is 20.4 Å². The summed E-state index contributed by atoms with van der Waals surface area (Å²) < 4.78 is 0. The summed E-state index contributed by atoms with van der Waals surface area (Å²) in [7, 11) is 0. The smallest absolute Gasteiger partial charge is 0.317 e. The highest BCUT2D eigenvalue weighted by atomic mass is 16.4. The second-order valence-electron chi connectivity index (χ2n) is 9.10. The Bertz CT molecular complexity index is 589. The molecule has 31 heavy (non-hydrogen) atoms. The van der Waals surface area contributed by atoms with E-state index in [1.165, 1.54) is 0 Å². The van der Waals surface area contributed by atoms with E-state index in [9.17, 15) is 19.2 Å². The fourth-order valence-corrected chi connectivity index (χ4v) is 5.40. The van der Waals surface area contributed by atoms with E-state index in [0.29, 0.717) is 36.5 Å². The summed E-state index contributed by atoms with van der Waals surface area (Å²) >= 11 is 0. The Kier molecular flexibility index (Phi) is 11.6. The van der Waals surface area contributed by atoms with Gasteiger partial charge in [-0.25, -0.2) is 0 Å². The number of hydrogen-bond donors (Lipinski definition) is 4. The maximum atomic E-state index is 11.2. The van der Waals surface area contributed by atoms with Gasteiger partial charge in [0.25, 0.3) is 0 Å². The molecule has 0 aliphatic heterocycles. The van der Waals surface area contributed by atoms with Crippen LogP contribution in [-0.2, 0) is 19.2 Å². The van der Waals surface area contributed by atoms with Crippen molar-refractivity contribution in [3.63, 3.8) is 0 Å². The topological polar surface area (TPSA) is 149 Å². The molecule has 0 radical (unpaired) electrons. The normalized spacial score (nSPS) is 24.1. The van der Waals surface area contributed by atoms with Gasteiger partial charge >= 0.3 is 23.9 Å². The van der Waals surface area contributed by atoms with Crippen LogP contribution in [-0.4, -0.2) is 44.3 Å². The zero-order chi connectivity index (χ0) is 23.6. The Balaban J connectivity index is 2.89. The highest BCUT2D eigenvalue weighted by Crippen LogP contribution is 2.44. The first-order chi connectivity index (χ1) is 14.6. The summed E-state index contributed by atoms with van der Waals surface area (Å²) in [6.07, 6.45) is 8.08. The van der Waals surface area contributed by atoms with Gasteiger partial charge in [0.2, 0.25) is 0 Å². The van der Waals surface area contributed by atoms with Crippen LogP contribution in [0.25, 0.3) is 0 Å². The van der Waals surface area contributed by atoms with Crippen LogP contribution in [0.5, 0.6) is 0 Å². The molecule has 8 nitrogen and oxygen atoms in total. The van der Waals surface area contributed by atoms with Gasteiger partial charge in [0, 0.05) is 0 Å². The van der Waals surface area contributed by atoms with Crippen LogP contribution in [0.1, 0.15) is 84.5 Å². The fraction of sp³-hybridized carbons (Fsp3) is 0.826. The molecule has 1 rings (SSSR count). The van der Waals surface area contributed by atoms with Gasteiger partial charge in [-0.1, -0.05) is 58.8 Å². The molecular weight excluding hydrogens is 404 g/mol. The van der Waals surface area contributed by atoms with Crippen molar-refractivity contribution in [3.8, 4) is 0 Å². The number of rotatable bonds is 14. The minimum atomic E-state index is -1.39. The second-order valence-corrected chi connectivity index (χ2v) is 9.10. The molecule has 0 aromatic carbocycles. The van der Waals surface area contributed by atoms with Crippen molar-refractivity contribution in [3.05, 3.63) is 0 Å². The Morgan fingerprint density at radius 1 is 0.742 bits per heavy atom. The highest BCUT2D eigenvalue weighted by Gasteiger charge is 2.36. The maximum Gasteiger partial charge on any atom is 0.317 e. The largest absolute Gasteiger partial charge is 0.481 e. The summed E-state index contributed by atoms with van der Waals surface area (Å²) in [4.78, 5) is 44.8. The molecule has 0 aromatic heterocycles. The van der Waals surface area contributed by atoms with Crippen LogP contribution in [0.2, 0.25) is 0 Å². The van der Waals surface area contributed by atoms with Crippen molar-refractivity contribution in [1.29, 1.82) is 0 Å². The second kappa shape index (κ2) is 13.3. The third-order valence-corrected chi connectivity index (χ3v) is 7.03. The average molecular weight is 443 g/mol. The Hall–Kier alpha value is -2.12. The number of carboxylic acid groups (broad SMARTS) is 4. The first kappa shape index (κ1) is 26.9. The first-order valence-corrected chi connectivity index (χ1v) is 11.5. The maximum absolute atomic E-state index is 11.2. The molecule has 0 bridgehead atoms. The average Bonchev–Trinajstić information content (AvgIpc) is 2.80. The van der Waals surface area contributed by atoms with Gasteiger partial charge in [-0.2, -0.15) is 0 Å². The Morgan fingerprint density at radius 3 is 1.61 bits per heavy atom. The fourth-order valence-electron chi connectivity index (χ4n) is 5.40. The molecule has 1 fully saturated rings. The number of carboxylic acids is 4. The van der Waals surface area contributed by atoms with E-state index in [0.717, 1.165) is 44.9 Å². The molecule has 0 spiro atoms. The van der Waals surface area contributed by atoms with E-state index in [2.05, 4.69) is 13.8 Å². The van der Waals surface area contributed by atoms with E-state index in [-0.39, 0.29) is 12.8 Å². The summed E-state index contributed by atoms with van der Waals surface area (Å²) in [5.41, 5.74) is 0. The zero-order valence-corrected chi connectivity index (χ0v) is 18.7. The van der Waals surface area contributed by atoms with Gasteiger partial charge in [-0.05, 0) is 49.4 Å². The van der Waals surface area contributed by atoms with Crippen molar-refractivity contribution in [2.75, 3.05) is 0 Å². The molecule has 0 heterocycles. The lowest BCUT2D eigenvalue weighted by Gasteiger charge is -2.35. The van der Waals surface area contributed by atoms with Crippen LogP contribution in [0.4, 0.5) is 0 Å². The molecule has 1 aliphatic rings. The predicted molar refractivity (Wildman–Crippen MR) is 114 cm³/mol. The summed E-state index contributed by atoms with van der Waals surface area (Å²) in [5, 5.41) is 36.5. The molecule has 8 heteroatoms. The minimum Gasteiger partial charge on any atom is -0.481 e. The van der Waals surface area contributed by atoms with Gasteiger partial charge in [0.15, 0.2) is 11.8 Å². The van der Waals surface area contributed by atoms with E-state index in [4.69, 9.17) is 20.4 Å². The third-order valence-electron chi connectivity index (χ3n) is 7.03. The van der Waals surface area contributed by atoms with Gasteiger partial charge in [-0.15, -0.1) is 0 Å². The van der Waals surface area contributed by atoms with Crippen LogP contribution in [0, 0.1) is 35.5 Å². The highest BCUT2D eigenvalue weighted by molar-refractivity contribution is 5.93. The number of hydrogen-bond acceptors (Lipinski definition) is 4. The van der Waals surface area contributed by atoms with Crippen LogP contribution >= 0.6 is 0 Å². The van der Waals surface area contributed by atoms with E-state index >= 15 is 0 Å². The molecule has 0 amide bonds. The molecule has 178 valence electrons. The van der Waals surface area contributed by atoms with Crippen molar-refractivity contribution in [2.24, 2.45) is 35.5 Å². The molecular formula is C23H38O8. The summed E-state index contributed by atoms with van der Waals surface area (Å²) in [6.45, 7) is 4.32. The molecule has 0 saturated heterocycles. The monoisotopic (exact) mass is 442 g/mol. The van der Waals surface area contributed by atoms with Crippen LogP contribution in [0.3, 0.4) is 0 Å². The molecule has 1 aliphatic carbocycles. The van der Waals surface area contributed by atoms with Crippen LogP contribution in [0.15, 0.2) is 0 Å². The van der Waals surface area contributed by atoms with E-state index in [1.54, 1.807) is 0 Å². The van der Waals surface area contributed by atoms with Crippen molar-refractivity contribution in [1.82, 2.24) is 0 Å². The summed E-state index contributed by atoms with van der Waals surface area (Å²) in [5.74, 6) is -6.52. The lowest BCUT2D eigenvalue weighted by Crippen LogP contribution is -2.28. The van der Waals surface area contributed by atoms with Crippen molar-refractivity contribution < 1.29 is 39.6 Å². The van der Waals surface area contributed by atoms with E-state index < -0.39 is 35.7 Å². The predicted octanol–water partition coefficient (Wildman–Crippen LogP) is 4.37. The third kappa shape index (κ3) is 8.50. The van der Waals surface area contributed by atoms with Gasteiger partial charge in [0.1, 0.15) is 0 Å². The SMILES string of the molecule is CCCC1CCCC(C)C(CCCC(C(=O)O)C(=O)O)C1CCCC(C(=O)O)C(=O)O. The molecule has 0 aromatic rings. The molecule has 1 saturated carbocycles. The zero-order valence-electron chi connectivity index (χ0n) is 18.7.